The summed E-state index contributed by atoms with van der Waals surface area (Å²) >= 11 is 1.84. The highest BCUT2D eigenvalue weighted by Gasteiger charge is 2.29. The maximum absolute atomic E-state index is 12.2. The van der Waals surface area contributed by atoms with Crippen molar-refractivity contribution < 1.29 is 4.79 Å². The zero-order valence-corrected chi connectivity index (χ0v) is 11.6. The molecular weight excluding hydrogens is 230 g/mol. The van der Waals surface area contributed by atoms with Gasteiger partial charge in [0.1, 0.15) is 0 Å². The van der Waals surface area contributed by atoms with Crippen LogP contribution in [0.2, 0.25) is 0 Å². The summed E-state index contributed by atoms with van der Waals surface area (Å²) in [7, 11) is 0. The Morgan fingerprint density at radius 2 is 2.35 bits per heavy atom. The molecular formula is C14H21NOS. The molecule has 1 aromatic heterocycles. The lowest BCUT2D eigenvalue weighted by Gasteiger charge is -2.35. The lowest BCUT2D eigenvalue weighted by Crippen LogP contribution is -2.39. The average molecular weight is 251 g/mol. The van der Waals surface area contributed by atoms with Gasteiger partial charge in [-0.1, -0.05) is 20.3 Å². The molecule has 0 aromatic carbocycles. The Bertz CT molecular complexity index is 385. The van der Waals surface area contributed by atoms with Gasteiger partial charge >= 0.3 is 0 Å². The van der Waals surface area contributed by atoms with Crippen LogP contribution in [-0.4, -0.2) is 17.4 Å². The van der Waals surface area contributed by atoms with Crippen LogP contribution in [0.5, 0.6) is 0 Å². The maximum Gasteiger partial charge on any atom is 0.223 e. The third kappa shape index (κ3) is 2.54. The number of hydrogen-bond acceptors (Lipinski definition) is 2. The molecule has 17 heavy (non-hydrogen) atoms. The number of unbranched alkanes of at least 4 members (excludes halogenated alkanes) is 1. The molecule has 0 saturated heterocycles. The van der Waals surface area contributed by atoms with E-state index in [1.807, 2.05) is 11.3 Å². The number of rotatable bonds is 4. The van der Waals surface area contributed by atoms with E-state index in [9.17, 15) is 4.79 Å². The van der Waals surface area contributed by atoms with Gasteiger partial charge in [-0.3, -0.25) is 4.79 Å². The number of thiophene rings is 1. The zero-order chi connectivity index (χ0) is 12.3. The number of amides is 1. The Kier molecular flexibility index (Phi) is 4.21. The number of nitrogens with zero attached hydrogens (tertiary/aromatic N) is 1. The molecule has 94 valence electrons. The molecule has 3 heteroatoms. The molecule has 0 aliphatic carbocycles. The fourth-order valence-electron chi connectivity index (χ4n) is 2.61. The predicted octanol–water partition coefficient (Wildman–Crippen LogP) is 3.77. The topological polar surface area (TPSA) is 20.3 Å². The van der Waals surface area contributed by atoms with Gasteiger partial charge in [-0.15, -0.1) is 11.3 Å². The Balaban J connectivity index is 2.12. The highest BCUT2D eigenvalue weighted by molar-refractivity contribution is 7.10. The van der Waals surface area contributed by atoms with Crippen molar-refractivity contribution in [3.63, 3.8) is 0 Å². The first-order chi connectivity index (χ1) is 8.27. The van der Waals surface area contributed by atoms with E-state index in [4.69, 9.17) is 0 Å². The zero-order valence-electron chi connectivity index (χ0n) is 10.7. The van der Waals surface area contributed by atoms with E-state index < -0.39 is 0 Å². The number of hydrogen-bond donors (Lipinski definition) is 0. The van der Waals surface area contributed by atoms with Crippen LogP contribution in [0, 0.1) is 0 Å². The van der Waals surface area contributed by atoms with Gasteiger partial charge in [0.15, 0.2) is 0 Å². The summed E-state index contributed by atoms with van der Waals surface area (Å²) in [6, 6.07) is 2.53. The largest absolute Gasteiger partial charge is 0.335 e. The third-order valence-electron chi connectivity index (χ3n) is 3.55. The minimum Gasteiger partial charge on any atom is -0.335 e. The van der Waals surface area contributed by atoms with Gasteiger partial charge in [0.05, 0.1) is 6.04 Å². The normalized spacial score (nSPS) is 19.2. The SMILES string of the molecule is CCCCC(=O)N1CCc2sccc2C1CC. The van der Waals surface area contributed by atoms with Crippen LogP contribution in [0.1, 0.15) is 56.0 Å². The summed E-state index contributed by atoms with van der Waals surface area (Å²) in [4.78, 5) is 15.8. The molecule has 0 bridgehead atoms. The minimum atomic E-state index is 0.328. The first-order valence-electron chi connectivity index (χ1n) is 6.63. The van der Waals surface area contributed by atoms with Gasteiger partial charge in [0.25, 0.3) is 0 Å². The summed E-state index contributed by atoms with van der Waals surface area (Å²) in [6.07, 6.45) is 4.90. The van der Waals surface area contributed by atoms with Gasteiger partial charge in [-0.25, -0.2) is 0 Å². The Hall–Kier alpha value is -0.830. The van der Waals surface area contributed by atoms with Crippen molar-refractivity contribution in [1.82, 2.24) is 4.90 Å². The summed E-state index contributed by atoms with van der Waals surface area (Å²) in [5.74, 6) is 0.343. The lowest BCUT2D eigenvalue weighted by molar-refractivity contribution is -0.134. The molecule has 1 unspecified atom stereocenters. The Morgan fingerprint density at radius 1 is 1.53 bits per heavy atom. The lowest BCUT2D eigenvalue weighted by atomic mass is 9.97. The van der Waals surface area contributed by atoms with Crippen LogP contribution >= 0.6 is 11.3 Å². The van der Waals surface area contributed by atoms with E-state index in [2.05, 4.69) is 30.2 Å². The molecule has 2 nitrogen and oxygen atoms in total. The first kappa shape index (κ1) is 12.6. The smallest absolute Gasteiger partial charge is 0.223 e. The Labute approximate surface area is 108 Å². The van der Waals surface area contributed by atoms with Crippen LogP contribution in [0.25, 0.3) is 0 Å². The van der Waals surface area contributed by atoms with Crippen LogP contribution < -0.4 is 0 Å². The second-order valence-electron chi connectivity index (χ2n) is 4.66. The van der Waals surface area contributed by atoms with Crippen LogP contribution in [-0.2, 0) is 11.2 Å². The van der Waals surface area contributed by atoms with Gasteiger partial charge in [0, 0.05) is 17.8 Å². The molecule has 0 fully saturated rings. The van der Waals surface area contributed by atoms with Crippen molar-refractivity contribution in [2.24, 2.45) is 0 Å². The molecule has 1 amide bonds. The van der Waals surface area contributed by atoms with E-state index in [0.717, 1.165) is 32.2 Å². The monoisotopic (exact) mass is 251 g/mol. The number of fused-ring (bicyclic) bond motifs is 1. The van der Waals surface area contributed by atoms with Gasteiger partial charge < -0.3 is 4.90 Å². The van der Waals surface area contributed by atoms with Crippen molar-refractivity contribution in [2.75, 3.05) is 6.54 Å². The molecule has 2 rings (SSSR count). The minimum absolute atomic E-state index is 0.328. The summed E-state index contributed by atoms with van der Waals surface area (Å²) in [5, 5.41) is 2.16. The molecule has 1 aliphatic heterocycles. The summed E-state index contributed by atoms with van der Waals surface area (Å²) in [5.41, 5.74) is 1.40. The van der Waals surface area contributed by atoms with E-state index in [1.54, 1.807) is 0 Å². The third-order valence-corrected chi connectivity index (χ3v) is 4.54. The Morgan fingerprint density at radius 3 is 3.06 bits per heavy atom. The highest BCUT2D eigenvalue weighted by atomic mass is 32.1. The summed E-state index contributed by atoms with van der Waals surface area (Å²) in [6.45, 7) is 5.23. The van der Waals surface area contributed by atoms with Gasteiger partial charge in [0.2, 0.25) is 5.91 Å². The summed E-state index contributed by atoms with van der Waals surface area (Å²) < 4.78 is 0. The molecule has 1 atom stereocenters. The predicted molar refractivity (Wildman–Crippen MR) is 72.3 cm³/mol. The molecule has 0 radical (unpaired) electrons. The van der Waals surface area contributed by atoms with E-state index in [0.29, 0.717) is 18.4 Å². The van der Waals surface area contributed by atoms with Crippen molar-refractivity contribution in [3.8, 4) is 0 Å². The van der Waals surface area contributed by atoms with Crippen molar-refractivity contribution in [3.05, 3.63) is 21.9 Å². The van der Waals surface area contributed by atoms with Gasteiger partial charge in [-0.2, -0.15) is 0 Å². The van der Waals surface area contributed by atoms with Crippen molar-refractivity contribution in [2.45, 2.75) is 52.0 Å². The fraction of sp³-hybridized carbons (Fsp3) is 0.643. The number of carbonyl (C=O) groups is 1. The molecule has 0 spiro atoms. The maximum atomic E-state index is 12.2. The van der Waals surface area contributed by atoms with Crippen LogP contribution in [0.3, 0.4) is 0 Å². The van der Waals surface area contributed by atoms with E-state index >= 15 is 0 Å². The number of carbonyl (C=O) groups excluding carboxylic acids is 1. The molecule has 1 aromatic rings. The van der Waals surface area contributed by atoms with Crippen LogP contribution in [0.15, 0.2) is 11.4 Å². The fourth-order valence-corrected chi connectivity index (χ4v) is 3.53. The molecule has 2 heterocycles. The van der Waals surface area contributed by atoms with Crippen LogP contribution in [0.4, 0.5) is 0 Å². The standard InChI is InChI=1S/C14H21NOS/c1-3-5-6-14(16)15-9-7-13-11(8-10-17-13)12(15)4-2/h8,10,12H,3-7,9H2,1-2H3. The molecule has 0 saturated carbocycles. The molecule has 0 N–H and O–H groups in total. The van der Waals surface area contributed by atoms with Crippen molar-refractivity contribution >= 4 is 17.2 Å². The van der Waals surface area contributed by atoms with E-state index in [1.165, 1.54) is 10.4 Å². The molecule has 1 aliphatic rings. The second kappa shape index (κ2) is 5.67. The first-order valence-corrected chi connectivity index (χ1v) is 7.51. The van der Waals surface area contributed by atoms with Gasteiger partial charge in [-0.05, 0) is 36.3 Å². The van der Waals surface area contributed by atoms with Crippen molar-refractivity contribution in [1.29, 1.82) is 0 Å². The quantitative estimate of drug-likeness (QED) is 0.797. The van der Waals surface area contributed by atoms with E-state index in [-0.39, 0.29) is 0 Å². The average Bonchev–Trinajstić information content (AvgIpc) is 2.82. The highest BCUT2D eigenvalue weighted by Crippen LogP contribution is 2.35. The second-order valence-corrected chi connectivity index (χ2v) is 5.66.